The quantitative estimate of drug-likeness (QED) is 0.480. The summed E-state index contributed by atoms with van der Waals surface area (Å²) >= 11 is 0. The maximum atomic E-state index is 13.2. The molecule has 3 heterocycles. The van der Waals surface area contributed by atoms with Crippen molar-refractivity contribution in [3.8, 4) is 0 Å². The van der Waals surface area contributed by atoms with E-state index in [1.54, 1.807) is 0 Å². The number of amides is 2. The second-order valence-electron chi connectivity index (χ2n) is 10.4. The molecule has 2 amide bonds. The molecule has 3 atom stereocenters. The first kappa shape index (κ1) is 24.6. The zero-order valence-corrected chi connectivity index (χ0v) is 21.2. The normalized spacial score (nSPS) is 23.7. The van der Waals surface area contributed by atoms with Crippen molar-refractivity contribution in [3.05, 3.63) is 59.7 Å². The number of para-hydroxylation sites is 1. The lowest BCUT2D eigenvalue weighted by molar-refractivity contribution is -0.127. The number of aromatic amines is 1. The highest BCUT2D eigenvalue weighted by atomic mass is 16.3. The summed E-state index contributed by atoms with van der Waals surface area (Å²) < 4.78 is 5.88. The number of H-pyrrole nitrogens is 1. The minimum Gasteiger partial charge on any atom is -0.465 e. The number of aromatic nitrogens is 1. The second kappa shape index (κ2) is 11.3. The Labute approximate surface area is 213 Å². The summed E-state index contributed by atoms with van der Waals surface area (Å²) in [7, 11) is 0. The molecule has 1 aromatic carbocycles. The summed E-state index contributed by atoms with van der Waals surface area (Å²) in [6, 6.07) is 12.3. The molecule has 192 valence electrons. The van der Waals surface area contributed by atoms with Crippen molar-refractivity contribution in [2.45, 2.75) is 64.5 Å². The fraction of sp³-hybridized carbons (Fsp3) is 0.517. The van der Waals surface area contributed by atoms with Crippen LogP contribution in [0.25, 0.3) is 10.9 Å². The molecule has 1 aliphatic carbocycles. The van der Waals surface area contributed by atoms with Gasteiger partial charge in [0.05, 0.1) is 12.5 Å². The van der Waals surface area contributed by atoms with Crippen LogP contribution < -0.4 is 10.6 Å². The third-order valence-electron chi connectivity index (χ3n) is 7.90. The number of carbonyl (C=O) groups excluding carboxylic acids is 2. The van der Waals surface area contributed by atoms with E-state index in [4.69, 9.17) is 4.42 Å². The van der Waals surface area contributed by atoms with E-state index in [0.29, 0.717) is 25.9 Å². The Kier molecular flexibility index (Phi) is 7.75. The summed E-state index contributed by atoms with van der Waals surface area (Å²) in [5.41, 5.74) is 2.33. The highest BCUT2D eigenvalue weighted by Gasteiger charge is 2.44. The number of benzene rings is 1. The number of fused-ring (bicyclic) bond motifs is 2. The SMILES string of the molecule is Cc1ccc(CN2CCCCCCNC(=O)[C@@H]3C[C@@H](C(=O)NCCc4c[nH]c5ccccc45)C[C@@H]32)o1. The van der Waals surface area contributed by atoms with Gasteiger partial charge < -0.3 is 20.0 Å². The Morgan fingerprint density at radius 2 is 1.97 bits per heavy atom. The Balaban J connectivity index is 1.25. The van der Waals surface area contributed by atoms with Gasteiger partial charge in [-0.3, -0.25) is 14.5 Å². The van der Waals surface area contributed by atoms with Crippen molar-refractivity contribution in [2.75, 3.05) is 19.6 Å². The van der Waals surface area contributed by atoms with Gasteiger partial charge in [-0.15, -0.1) is 0 Å². The number of aryl methyl sites for hydroxylation is 1. The van der Waals surface area contributed by atoms with Gasteiger partial charge in [-0.25, -0.2) is 0 Å². The number of hydrogen-bond acceptors (Lipinski definition) is 4. The van der Waals surface area contributed by atoms with Gasteiger partial charge in [-0.2, -0.15) is 0 Å². The predicted molar refractivity (Wildman–Crippen MR) is 140 cm³/mol. The molecule has 0 radical (unpaired) electrons. The average molecular weight is 491 g/mol. The van der Waals surface area contributed by atoms with Gasteiger partial charge in [0.15, 0.2) is 0 Å². The molecule has 0 spiro atoms. The summed E-state index contributed by atoms with van der Waals surface area (Å²) in [5, 5.41) is 7.52. The van der Waals surface area contributed by atoms with Crippen LogP contribution in [0.15, 0.2) is 47.0 Å². The molecule has 2 fully saturated rings. The zero-order chi connectivity index (χ0) is 24.9. The molecule has 5 rings (SSSR count). The highest BCUT2D eigenvalue weighted by Crippen LogP contribution is 2.36. The number of carbonyl (C=O) groups is 2. The maximum Gasteiger partial charge on any atom is 0.224 e. The Morgan fingerprint density at radius 1 is 1.11 bits per heavy atom. The lowest BCUT2D eigenvalue weighted by atomic mass is 10.00. The minimum absolute atomic E-state index is 0.0397. The minimum atomic E-state index is -0.177. The fourth-order valence-electron chi connectivity index (χ4n) is 5.99. The molecule has 7 nitrogen and oxygen atoms in total. The first-order chi connectivity index (χ1) is 17.6. The van der Waals surface area contributed by atoms with E-state index in [2.05, 4.69) is 32.7 Å². The summed E-state index contributed by atoms with van der Waals surface area (Å²) in [6.45, 7) is 4.87. The number of furan rings is 1. The Morgan fingerprint density at radius 3 is 2.83 bits per heavy atom. The average Bonchev–Trinajstić information content (AvgIpc) is 3.60. The third-order valence-corrected chi connectivity index (χ3v) is 7.90. The van der Waals surface area contributed by atoms with Gasteiger partial charge in [0.1, 0.15) is 11.5 Å². The van der Waals surface area contributed by atoms with E-state index < -0.39 is 0 Å². The zero-order valence-electron chi connectivity index (χ0n) is 21.2. The first-order valence-electron chi connectivity index (χ1n) is 13.5. The van der Waals surface area contributed by atoms with E-state index in [1.165, 1.54) is 10.9 Å². The number of nitrogens with one attached hydrogen (secondary N) is 3. The molecule has 3 N–H and O–H groups in total. The van der Waals surface area contributed by atoms with Gasteiger partial charge in [0.2, 0.25) is 11.8 Å². The lowest BCUT2D eigenvalue weighted by Crippen LogP contribution is -2.44. The maximum absolute atomic E-state index is 13.2. The smallest absolute Gasteiger partial charge is 0.224 e. The molecule has 1 aliphatic heterocycles. The van der Waals surface area contributed by atoms with Crippen molar-refractivity contribution < 1.29 is 14.0 Å². The van der Waals surface area contributed by atoms with E-state index in [9.17, 15) is 9.59 Å². The molecule has 1 saturated carbocycles. The molecule has 0 unspecified atom stereocenters. The van der Waals surface area contributed by atoms with Crippen molar-refractivity contribution in [2.24, 2.45) is 11.8 Å². The monoisotopic (exact) mass is 490 g/mol. The molecule has 7 heteroatoms. The van der Waals surface area contributed by atoms with Crippen LogP contribution in [0.4, 0.5) is 0 Å². The summed E-state index contributed by atoms with van der Waals surface area (Å²) in [6.07, 6.45) is 8.50. The van der Waals surface area contributed by atoms with Crippen LogP contribution in [0, 0.1) is 18.8 Å². The van der Waals surface area contributed by atoms with Crippen LogP contribution in [-0.2, 0) is 22.6 Å². The van der Waals surface area contributed by atoms with Crippen LogP contribution in [-0.4, -0.2) is 47.4 Å². The van der Waals surface area contributed by atoms with Crippen molar-refractivity contribution >= 4 is 22.7 Å². The van der Waals surface area contributed by atoms with Gasteiger partial charge in [0.25, 0.3) is 0 Å². The largest absolute Gasteiger partial charge is 0.465 e. The van der Waals surface area contributed by atoms with Crippen LogP contribution in [0.3, 0.4) is 0 Å². The van der Waals surface area contributed by atoms with Crippen molar-refractivity contribution in [1.29, 1.82) is 0 Å². The molecule has 2 aromatic heterocycles. The molecule has 2 aliphatic rings. The van der Waals surface area contributed by atoms with Gasteiger partial charge in [-0.1, -0.05) is 31.0 Å². The highest BCUT2D eigenvalue weighted by molar-refractivity contribution is 5.85. The third kappa shape index (κ3) is 5.67. The van der Waals surface area contributed by atoms with Crippen LogP contribution in [0.5, 0.6) is 0 Å². The lowest BCUT2D eigenvalue weighted by Gasteiger charge is -2.31. The van der Waals surface area contributed by atoms with E-state index >= 15 is 0 Å². The standard InChI is InChI=1S/C29H38N4O3/c1-20-10-11-23(36-20)19-33-15-7-3-2-6-13-30-29(35)25-16-22(17-27(25)33)28(34)31-14-12-21-18-32-26-9-5-4-8-24(21)26/h4-5,8-11,18,22,25,27,32H,2-3,6-7,12-17,19H2,1H3,(H,30,35)(H,31,34)/t22-,25-,27+/m1/s1. The van der Waals surface area contributed by atoms with Crippen LogP contribution in [0.2, 0.25) is 0 Å². The molecule has 3 aromatic rings. The number of rotatable bonds is 6. The molecular weight excluding hydrogens is 452 g/mol. The van der Waals surface area contributed by atoms with Gasteiger partial charge in [0, 0.05) is 42.1 Å². The van der Waals surface area contributed by atoms with Gasteiger partial charge in [-0.05, 0) is 69.3 Å². The van der Waals surface area contributed by atoms with E-state index in [1.807, 2.05) is 37.4 Å². The molecule has 1 saturated heterocycles. The fourth-order valence-corrected chi connectivity index (χ4v) is 5.99. The molecule has 36 heavy (non-hydrogen) atoms. The van der Waals surface area contributed by atoms with Gasteiger partial charge >= 0.3 is 0 Å². The Bertz CT molecular complexity index is 1180. The van der Waals surface area contributed by atoms with Crippen LogP contribution in [0.1, 0.15) is 55.6 Å². The first-order valence-corrected chi connectivity index (χ1v) is 13.5. The Hall–Kier alpha value is -3.06. The van der Waals surface area contributed by atoms with E-state index in [0.717, 1.165) is 62.2 Å². The van der Waals surface area contributed by atoms with Crippen molar-refractivity contribution in [3.63, 3.8) is 0 Å². The summed E-state index contributed by atoms with van der Waals surface area (Å²) in [4.78, 5) is 32.1. The predicted octanol–water partition coefficient (Wildman–Crippen LogP) is 4.32. The molecular formula is C29H38N4O3. The summed E-state index contributed by atoms with van der Waals surface area (Å²) in [5.74, 6) is 1.65. The molecule has 0 bridgehead atoms. The number of nitrogens with zero attached hydrogens (tertiary/aromatic N) is 1. The second-order valence-corrected chi connectivity index (χ2v) is 10.4. The van der Waals surface area contributed by atoms with Crippen LogP contribution >= 0.6 is 0 Å². The number of hydrogen-bond donors (Lipinski definition) is 3. The van der Waals surface area contributed by atoms with E-state index in [-0.39, 0.29) is 29.7 Å². The van der Waals surface area contributed by atoms with Crippen molar-refractivity contribution in [1.82, 2.24) is 20.5 Å². The topological polar surface area (TPSA) is 90.4 Å².